The van der Waals surface area contributed by atoms with Gasteiger partial charge >= 0.3 is 0 Å². The van der Waals surface area contributed by atoms with Gasteiger partial charge in [-0.2, -0.15) is 0 Å². The van der Waals surface area contributed by atoms with Crippen LogP contribution in [0.15, 0.2) is 78.2 Å². The van der Waals surface area contributed by atoms with Crippen molar-refractivity contribution in [2.75, 3.05) is 24.9 Å². The number of rotatable bonds is 8. The quantitative estimate of drug-likeness (QED) is 0.361. The third kappa shape index (κ3) is 5.44. The van der Waals surface area contributed by atoms with E-state index in [4.69, 9.17) is 9.47 Å². The third-order valence-electron chi connectivity index (χ3n) is 4.79. The molecule has 6 nitrogen and oxygen atoms in total. The number of hydrogen-bond acceptors (Lipinski definition) is 6. The Balaban J connectivity index is 1.41. The van der Waals surface area contributed by atoms with E-state index in [1.54, 1.807) is 14.2 Å². The van der Waals surface area contributed by atoms with Crippen molar-refractivity contribution in [2.45, 2.75) is 6.42 Å². The summed E-state index contributed by atoms with van der Waals surface area (Å²) >= 11 is 1.52. The SMILES string of the molecule is COc1ccc(CC(=O)Nc2cccc(-c3csc(Nc4cccc(OC)c4)n3)c2)cc1. The van der Waals surface area contributed by atoms with Gasteiger partial charge in [-0.05, 0) is 42.0 Å². The molecule has 4 aromatic rings. The van der Waals surface area contributed by atoms with Crippen LogP contribution in [-0.2, 0) is 11.2 Å². The van der Waals surface area contributed by atoms with E-state index in [1.807, 2.05) is 78.2 Å². The number of aromatic nitrogens is 1. The lowest BCUT2D eigenvalue weighted by atomic mass is 10.1. The molecule has 0 unspecified atom stereocenters. The molecule has 0 aliphatic rings. The lowest BCUT2D eigenvalue weighted by molar-refractivity contribution is -0.115. The van der Waals surface area contributed by atoms with Gasteiger partial charge in [0, 0.05) is 28.4 Å². The highest BCUT2D eigenvalue weighted by atomic mass is 32.1. The van der Waals surface area contributed by atoms with E-state index in [1.165, 1.54) is 11.3 Å². The number of ether oxygens (including phenoxy) is 2. The first-order chi connectivity index (χ1) is 15.6. The average Bonchev–Trinajstić information content (AvgIpc) is 3.28. The molecule has 0 aliphatic heterocycles. The number of nitrogens with zero attached hydrogens (tertiary/aromatic N) is 1. The second-order valence-corrected chi connectivity index (χ2v) is 7.91. The molecule has 32 heavy (non-hydrogen) atoms. The van der Waals surface area contributed by atoms with Crippen LogP contribution in [0, 0.1) is 0 Å². The van der Waals surface area contributed by atoms with Gasteiger partial charge in [0.2, 0.25) is 5.91 Å². The van der Waals surface area contributed by atoms with Gasteiger partial charge in [0.25, 0.3) is 0 Å². The van der Waals surface area contributed by atoms with Crippen LogP contribution in [0.3, 0.4) is 0 Å². The first-order valence-electron chi connectivity index (χ1n) is 10.0. The molecule has 2 N–H and O–H groups in total. The standard InChI is InChI=1S/C25H23N3O3S/c1-30-21-11-9-17(10-12-21)13-24(29)26-19-6-3-5-18(14-19)23-16-32-25(28-23)27-20-7-4-8-22(15-20)31-2/h3-12,14-16H,13H2,1-2H3,(H,26,29)(H,27,28). The maximum absolute atomic E-state index is 12.5. The van der Waals surface area contributed by atoms with Crippen LogP contribution in [0.25, 0.3) is 11.3 Å². The Labute approximate surface area is 190 Å². The maximum atomic E-state index is 12.5. The molecule has 1 aromatic heterocycles. The van der Waals surface area contributed by atoms with Gasteiger partial charge in [-0.15, -0.1) is 11.3 Å². The number of nitrogens with one attached hydrogen (secondary N) is 2. The van der Waals surface area contributed by atoms with Crippen LogP contribution in [0.2, 0.25) is 0 Å². The monoisotopic (exact) mass is 445 g/mol. The second kappa shape index (κ2) is 9.98. The number of anilines is 3. The van der Waals surface area contributed by atoms with Gasteiger partial charge in [-0.25, -0.2) is 4.98 Å². The summed E-state index contributed by atoms with van der Waals surface area (Å²) in [4.78, 5) is 17.1. The smallest absolute Gasteiger partial charge is 0.228 e. The fourth-order valence-electron chi connectivity index (χ4n) is 3.18. The Bertz CT molecular complexity index is 1210. The summed E-state index contributed by atoms with van der Waals surface area (Å²) in [6, 6.07) is 22.9. The molecule has 0 saturated heterocycles. The highest BCUT2D eigenvalue weighted by Crippen LogP contribution is 2.29. The van der Waals surface area contributed by atoms with Crippen LogP contribution in [-0.4, -0.2) is 25.1 Å². The molecular formula is C25H23N3O3S. The van der Waals surface area contributed by atoms with Crippen LogP contribution in [0.4, 0.5) is 16.5 Å². The Morgan fingerprint density at radius 2 is 1.66 bits per heavy atom. The Morgan fingerprint density at radius 3 is 2.44 bits per heavy atom. The van der Waals surface area contributed by atoms with Gasteiger partial charge in [-0.3, -0.25) is 4.79 Å². The molecule has 0 atom stereocenters. The number of carbonyl (C=O) groups excluding carboxylic acids is 1. The van der Waals surface area contributed by atoms with Crippen LogP contribution in [0.1, 0.15) is 5.56 Å². The summed E-state index contributed by atoms with van der Waals surface area (Å²) in [5.74, 6) is 1.47. The van der Waals surface area contributed by atoms with Crippen molar-refractivity contribution < 1.29 is 14.3 Å². The molecule has 0 bridgehead atoms. The van der Waals surface area contributed by atoms with Crippen molar-refractivity contribution in [2.24, 2.45) is 0 Å². The number of hydrogen-bond donors (Lipinski definition) is 2. The fraction of sp³-hybridized carbons (Fsp3) is 0.120. The first kappa shape index (κ1) is 21.4. The summed E-state index contributed by atoms with van der Waals surface area (Å²) < 4.78 is 10.4. The zero-order valence-corrected chi connectivity index (χ0v) is 18.6. The minimum absolute atomic E-state index is 0.0778. The van der Waals surface area contributed by atoms with E-state index in [9.17, 15) is 4.79 Å². The topological polar surface area (TPSA) is 72.5 Å². The molecule has 1 heterocycles. The molecule has 7 heteroatoms. The van der Waals surface area contributed by atoms with Crippen molar-refractivity contribution in [3.63, 3.8) is 0 Å². The van der Waals surface area contributed by atoms with Gasteiger partial charge in [0.1, 0.15) is 11.5 Å². The minimum atomic E-state index is -0.0778. The van der Waals surface area contributed by atoms with E-state index in [2.05, 4.69) is 15.6 Å². The van der Waals surface area contributed by atoms with Crippen molar-refractivity contribution in [3.05, 3.63) is 83.7 Å². The predicted molar refractivity (Wildman–Crippen MR) is 129 cm³/mol. The summed E-state index contributed by atoms with van der Waals surface area (Å²) in [7, 11) is 3.26. The molecular weight excluding hydrogens is 422 g/mol. The zero-order chi connectivity index (χ0) is 22.3. The van der Waals surface area contributed by atoms with E-state index in [0.29, 0.717) is 6.42 Å². The van der Waals surface area contributed by atoms with Crippen molar-refractivity contribution in [1.29, 1.82) is 0 Å². The third-order valence-corrected chi connectivity index (χ3v) is 5.55. The molecule has 0 spiro atoms. The van der Waals surface area contributed by atoms with Gasteiger partial charge in [0.05, 0.1) is 26.3 Å². The normalized spacial score (nSPS) is 10.4. The number of amides is 1. The van der Waals surface area contributed by atoms with E-state index >= 15 is 0 Å². The number of methoxy groups -OCH3 is 2. The van der Waals surface area contributed by atoms with Gasteiger partial charge < -0.3 is 20.1 Å². The maximum Gasteiger partial charge on any atom is 0.228 e. The Kier molecular flexibility index (Phi) is 6.67. The second-order valence-electron chi connectivity index (χ2n) is 7.05. The Hall–Kier alpha value is -3.84. The average molecular weight is 446 g/mol. The number of thiazole rings is 1. The lowest BCUT2D eigenvalue weighted by Gasteiger charge is -2.08. The molecule has 0 fully saturated rings. The lowest BCUT2D eigenvalue weighted by Crippen LogP contribution is -2.14. The van der Waals surface area contributed by atoms with E-state index in [0.717, 1.165) is 44.8 Å². The van der Waals surface area contributed by atoms with Gasteiger partial charge in [-0.1, -0.05) is 30.3 Å². The zero-order valence-electron chi connectivity index (χ0n) is 17.8. The minimum Gasteiger partial charge on any atom is -0.497 e. The van der Waals surface area contributed by atoms with Crippen LogP contribution in [0.5, 0.6) is 11.5 Å². The van der Waals surface area contributed by atoms with Crippen molar-refractivity contribution >= 4 is 33.8 Å². The molecule has 162 valence electrons. The molecule has 0 aliphatic carbocycles. The van der Waals surface area contributed by atoms with E-state index in [-0.39, 0.29) is 5.91 Å². The summed E-state index contributed by atoms with van der Waals surface area (Å²) in [6.45, 7) is 0. The fourth-order valence-corrected chi connectivity index (χ4v) is 3.92. The summed E-state index contributed by atoms with van der Waals surface area (Å²) in [5, 5.41) is 9.03. The Morgan fingerprint density at radius 1 is 0.906 bits per heavy atom. The molecule has 0 saturated carbocycles. The highest BCUT2D eigenvalue weighted by molar-refractivity contribution is 7.14. The molecule has 0 radical (unpaired) electrons. The first-order valence-corrected chi connectivity index (χ1v) is 10.9. The van der Waals surface area contributed by atoms with Crippen molar-refractivity contribution in [1.82, 2.24) is 4.98 Å². The van der Waals surface area contributed by atoms with Crippen LogP contribution >= 0.6 is 11.3 Å². The van der Waals surface area contributed by atoms with E-state index < -0.39 is 0 Å². The molecule has 1 amide bonds. The number of carbonyl (C=O) groups is 1. The summed E-state index contributed by atoms with van der Waals surface area (Å²) in [5.41, 5.74) is 4.34. The predicted octanol–water partition coefficient (Wildman–Crippen LogP) is 5.75. The van der Waals surface area contributed by atoms with Crippen molar-refractivity contribution in [3.8, 4) is 22.8 Å². The largest absolute Gasteiger partial charge is 0.497 e. The van der Waals surface area contributed by atoms with Crippen LogP contribution < -0.4 is 20.1 Å². The summed E-state index contributed by atoms with van der Waals surface area (Å²) in [6.07, 6.45) is 0.291. The van der Waals surface area contributed by atoms with Gasteiger partial charge in [0.15, 0.2) is 5.13 Å². The number of benzene rings is 3. The molecule has 4 rings (SSSR count). The highest BCUT2D eigenvalue weighted by Gasteiger charge is 2.09. The molecule has 3 aromatic carbocycles.